The summed E-state index contributed by atoms with van der Waals surface area (Å²) in [5.41, 5.74) is 0.616. The van der Waals surface area contributed by atoms with E-state index in [0.29, 0.717) is 6.07 Å². The van der Waals surface area contributed by atoms with Crippen LogP contribution in [0.4, 0.5) is 26.3 Å². The number of alkyl halides is 6. The van der Waals surface area contributed by atoms with Crippen molar-refractivity contribution in [2.75, 3.05) is 0 Å². The van der Waals surface area contributed by atoms with Crippen molar-refractivity contribution >= 4 is 5.97 Å². The first-order valence-electron chi connectivity index (χ1n) is 5.13. The van der Waals surface area contributed by atoms with Gasteiger partial charge in [-0.1, -0.05) is 0 Å². The molecule has 0 amide bonds. The Labute approximate surface area is 109 Å². The van der Waals surface area contributed by atoms with Gasteiger partial charge in [-0.15, -0.1) is 0 Å². The Hall–Kier alpha value is -1.77. The standard InChI is InChI=1S/C11H9F6NO2/c1-4-6(8(18)9(19)20)2-5(10(12,13)14)3-7(4)11(15,16)17/h2-3,8H,18H2,1H3,(H,19,20). The molecule has 112 valence electrons. The van der Waals surface area contributed by atoms with E-state index in [1.807, 2.05) is 0 Å². The van der Waals surface area contributed by atoms with Crippen LogP contribution in [0.25, 0.3) is 0 Å². The molecule has 9 heteroatoms. The second-order valence-corrected chi connectivity index (χ2v) is 4.05. The first-order chi connectivity index (χ1) is 8.85. The van der Waals surface area contributed by atoms with Gasteiger partial charge in [0.2, 0.25) is 0 Å². The summed E-state index contributed by atoms with van der Waals surface area (Å²) in [5.74, 6) is -1.72. The van der Waals surface area contributed by atoms with E-state index in [9.17, 15) is 31.1 Å². The summed E-state index contributed by atoms with van der Waals surface area (Å²) >= 11 is 0. The lowest BCUT2D eigenvalue weighted by atomic mass is 9.93. The summed E-state index contributed by atoms with van der Waals surface area (Å²) in [7, 11) is 0. The van der Waals surface area contributed by atoms with E-state index in [4.69, 9.17) is 10.8 Å². The van der Waals surface area contributed by atoms with Gasteiger partial charge in [0.05, 0.1) is 11.1 Å². The zero-order valence-electron chi connectivity index (χ0n) is 9.93. The molecular formula is C11H9F6NO2. The fourth-order valence-corrected chi connectivity index (χ4v) is 1.65. The molecule has 0 spiro atoms. The van der Waals surface area contributed by atoms with E-state index in [-0.39, 0.29) is 6.07 Å². The third kappa shape index (κ3) is 3.21. The minimum absolute atomic E-state index is 0.0621. The lowest BCUT2D eigenvalue weighted by Gasteiger charge is -2.19. The topological polar surface area (TPSA) is 63.3 Å². The van der Waals surface area contributed by atoms with Crippen LogP contribution in [0.1, 0.15) is 28.3 Å². The maximum absolute atomic E-state index is 12.7. The minimum Gasteiger partial charge on any atom is -0.480 e. The predicted molar refractivity (Wildman–Crippen MR) is 55.7 cm³/mol. The summed E-state index contributed by atoms with van der Waals surface area (Å²) in [6, 6.07) is -1.71. The fourth-order valence-electron chi connectivity index (χ4n) is 1.65. The molecule has 1 aromatic carbocycles. The van der Waals surface area contributed by atoms with Crippen LogP contribution in [-0.4, -0.2) is 11.1 Å². The number of aliphatic carboxylic acids is 1. The molecule has 1 rings (SSSR count). The predicted octanol–water partition coefficient (Wildman–Crippen LogP) is 3.12. The summed E-state index contributed by atoms with van der Waals surface area (Å²) in [6.07, 6.45) is -10.1. The number of hydrogen-bond acceptors (Lipinski definition) is 2. The molecule has 3 nitrogen and oxygen atoms in total. The van der Waals surface area contributed by atoms with E-state index in [2.05, 4.69) is 0 Å². The van der Waals surface area contributed by atoms with Crippen LogP contribution in [0.3, 0.4) is 0 Å². The summed E-state index contributed by atoms with van der Waals surface area (Å²) in [5, 5.41) is 8.66. The van der Waals surface area contributed by atoms with E-state index >= 15 is 0 Å². The summed E-state index contributed by atoms with van der Waals surface area (Å²) in [4.78, 5) is 10.7. The highest BCUT2D eigenvalue weighted by Crippen LogP contribution is 2.39. The Kier molecular flexibility index (Phi) is 4.04. The minimum atomic E-state index is -5.04. The van der Waals surface area contributed by atoms with E-state index in [1.165, 1.54) is 0 Å². The highest BCUT2D eigenvalue weighted by atomic mass is 19.4. The Balaban J connectivity index is 3.64. The largest absolute Gasteiger partial charge is 0.480 e. The molecule has 20 heavy (non-hydrogen) atoms. The molecule has 0 saturated carbocycles. The van der Waals surface area contributed by atoms with Gasteiger partial charge in [-0.2, -0.15) is 26.3 Å². The number of hydrogen-bond donors (Lipinski definition) is 2. The van der Waals surface area contributed by atoms with Gasteiger partial charge in [-0.05, 0) is 30.2 Å². The second-order valence-electron chi connectivity index (χ2n) is 4.05. The van der Waals surface area contributed by atoms with Crippen LogP contribution in [0.5, 0.6) is 0 Å². The fraction of sp³-hybridized carbons (Fsp3) is 0.364. The molecule has 1 atom stereocenters. The van der Waals surface area contributed by atoms with Gasteiger partial charge < -0.3 is 10.8 Å². The van der Waals surface area contributed by atoms with Gasteiger partial charge in [-0.25, -0.2) is 0 Å². The maximum atomic E-state index is 12.7. The summed E-state index contributed by atoms with van der Waals surface area (Å²) < 4.78 is 75.8. The Morgan fingerprint density at radius 2 is 1.65 bits per heavy atom. The normalized spacial score (nSPS) is 14.2. The first-order valence-corrected chi connectivity index (χ1v) is 5.13. The van der Waals surface area contributed by atoms with Gasteiger partial charge in [0, 0.05) is 0 Å². The number of rotatable bonds is 2. The molecular weight excluding hydrogens is 292 g/mol. The molecule has 1 aromatic rings. The van der Waals surface area contributed by atoms with Crippen molar-refractivity contribution in [3.63, 3.8) is 0 Å². The van der Waals surface area contributed by atoms with Crippen molar-refractivity contribution in [2.45, 2.75) is 25.3 Å². The number of nitrogens with two attached hydrogens (primary N) is 1. The Morgan fingerprint density at radius 1 is 1.15 bits per heavy atom. The van der Waals surface area contributed by atoms with Crippen molar-refractivity contribution in [2.24, 2.45) is 5.73 Å². The van der Waals surface area contributed by atoms with Crippen LogP contribution >= 0.6 is 0 Å². The zero-order chi connectivity index (χ0) is 15.9. The average molecular weight is 301 g/mol. The summed E-state index contributed by atoms with van der Waals surface area (Å²) in [6.45, 7) is 0.876. The van der Waals surface area contributed by atoms with Crippen LogP contribution in [0.2, 0.25) is 0 Å². The maximum Gasteiger partial charge on any atom is 0.416 e. The SMILES string of the molecule is Cc1c(C(N)C(=O)O)cc(C(F)(F)F)cc1C(F)(F)F. The van der Waals surface area contributed by atoms with E-state index in [1.54, 1.807) is 0 Å². The van der Waals surface area contributed by atoms with Gasteiger partial charge in [-0.3, -0.25) is 4.79 Å². The lowest BCUT2D eigenvalue weighted by molar-refractivity contribution is -0.144. The van der Waals surface area contributed by atoms with Crippen LogP contribution in [0.15, 0.2) is 12.1 Å². The molecule has 0 radical (unpaired) electrons. The first kappa shape index (κ1) is 16.3. The Morgan fingerprint density at radius 3 is 2.00 bits per heavy atom. The van der Waals surface area contributed by atoms with Crippen LogP contribution in [0, 0.1) is 6.92 Å². The highest BCUT2D eigenvalue weighted by Gasteiger charge is 2.39. The smallest absolute Gasteiger partial charge is 0.416 e. The quantitative estimate of drug-likeness (QED) is 0.825. The van der Waals surface area contributed by atoms with Crippen LogP contribution < -0.4 is 5.73 Å². The molecule has 0 bridgehead atoms. The number of carbonyl (C=O) groups is 1. The third-order valence-corrected chi connectivity index (χ3v) is 2.68. The van der Waals surface area contributed by atoms with Gasteiger partial charge >= 0.3 is 18.3 Å². The van der Waals surface area contributed by atoms with Gasteiger partial charge in [0.1, 0.15) is 6.04 Å². The van der Waals surface area contributed by atoms with E-state index in [0.717, 1.165) is 6.92 Å². The van der Waals surface area contributed by atoms with Crippen molar-refractivity contribution in [1.29, 1.82) is 0 Å². The molecule has 0 heterocycles. The van der Waals surface area contributed by atoms with Gasteiger partial charge in [0.15, 0.2) is 0 Å². The number of benzene rings is 1. The van der Waals surface area contributed by atoms with Gasteiger partial charge in [0.25, 0.3) is 0 Å². The lowest BCUT2D eigenvalue weighted by Crippen LogP contribution is -2.24. The molecule has 0 fully saturated rings. The molecule has 0 aromatic heterocycles. The molecule has 0 saturated heterocycles. The molecule has 1 unspecified atom stereocenters. The second kappa shape index (κ2) is 4.97. The Bertz CT molecular complexity index is 535. The number of carboxylic acid groups (broad SMARTS) is 1. The average Bonchev–Trinajstić information content (AvgIpc) is 2.24. The highest BCUT2D eigenvalue weighted by molar-refractivity contribution is 5.76. The molecule has 0 aliphatic rings. The van der Waals surface area contributed by atoms with Crippen molar-refractivity contribution in [1.82, 2.24) is 0 Å². The molecule has 0 aliphatic carbocycles. The molecule has 0 aliphatic heterocycles. The van der Waals surface area contributed by atoms with E-state index < -0.39 is 46.6 Å². The monoisotopic (exact) mass is 301 g/mol. The number of halogens is 6. The van der Waals surface area contributed by atoms with Crippen molar-refractivity contribution in [3.8, 4) is 0 Å². The van der Waals surface area contributed by atoms with Crippen LogP contribution in [-0.2, 0) is 17.1 Å². The number of carboxylic acids is 1. The third-order valence-electron chi connectivity index (χ3n) is 2.68. The zero-order valence-corrected chi connectivity index (χ0v) is 9.93. The van der Waals surface area contributed by atoms with Crippen molar-refractivity contribution < 1.29 is 36.2 Å². The molecule has 3 N–H and O–H groups in total. The van der Waals surface area contributed by atoms with Crippen molar-refractivity contribution in [3.05, 3.63) is 34.4 Å².